The number of carboxylic acids is 1. The van der Waals surface area contributed by atoms with Crippen LogP contribution in [0.2, 0.25) is 0 Å². The van der Waals surface area contributed by atoms with Gasteiger partial charge in [-0.15, -0.1) is 6.58 Å². The average Bonchev–Trinajstić information content (AvgIpc) is 3.04. The highest BCUT2D eigenvalue weighted by molar-refractivity contribution is 6.04. The summed E-state index contributed by atoms with van der Waals surface area (Å²) in [5.41, 5.74) is 2.66. The number of rotatable bonds is 9. The Morgan fingerprint density at radius 3 is 2.59 bits per heavy atom. The molecule has 6 heteroatoms. The molecule has 0 amide bonds. The van der Waals surface area contributed by atoms with Gasteiger partial charge in [-0.3, -0.25) is 14.2 Å². The third-order valence-electron chi connectivity index (χ3n) is 4.50. The molecule has 0 aliphatic carbocycles. The number of aliphatic carboxylic acids is 1. The number of benzene rings is 2. The van der Waals surface area contributed by atoms with Crippen molar-refractivity contribution in [2.45, 2.75) is 13.3 Å². The zero-order valence-electron chi connectivity index (χ0n) is 16.3. The molecule has 0 bridgehead atoms. The number of nitrogens with zero attached hydrogens (tertiary/aromatic N) is 1. The molecule has 3 aromatic rings. The Hall–Kier alpha value is -3.38. The first-order chi connectivity index (χ1) is 14.0. The zero-order valence-corrected chi connectivity index (χ0v) is 16.3. The van der Waals surface area contributed by atoms with E-state index in [1.54, 1.807) is 47.0 Å². The van der Waals surface area contributed by atoms with Crippen LogP contribution >= 0.6 is 0 Å². The van der Waals surface area contributed by atoms with Crippen LogP contribution in [0.1, 0.15) is 21.6 Å². The molecule has 1 aromatic heterocycles. The third kappa shape index (κ3) is 4.73. The lowest BCUT2D eigenvalue weighted by atomic mass is 10.1. The predicted octanol–water partition coefficient (Wildman–Crippen LogP) is 3.85. The highest BCUT2D eigenvalue weighted by Crippen LogP contribution is 2.25. The van der Waals surface area contributed by atoms with E-state index >= 15 is 0 Å². The molecule has 6 nitrogen and oxygen atoms in total. The number of carboxylic acid groups (broad SMARTS) is 1. The van der Waals surface area contributed by atoms with Crippen molar-refractivity contribution in [3.8, 4) is 5.75 Å². The van der Waals surface area contributed by atoms with E-state index in [4.69, 9.17) is 14.6 Å². The molecular weight excluding hydrogens is 370 g/mol. The molecule has 3 rings (SSSR count). The highest BCUT2D eigenvalue weighted by Gasteiger charge is 2.17. The largest absolute Gasteiger partial charge is 0.491 e. The second-order valence-electron chi connectivity index (χ2n) is 6.58. The Labute approximate surface area is 169 Å². The minimum Gasteiger partial charge on any atom is -0.491 e. The van der Waals surface area contributed by atoms with Crippen LogP contribution in [0.25, 0.3) is 10.9 Å². The minimum absolute atomic E-state index is 0.0858. The maximum Gasteiger partial charge on any atom is 0.307 e. The van der Waals surface area contributed by atoms with Crippen molar-refractivity contribution in [2.24, 2.45) is 0 Å². The summed E-state index contributed by atoms with van der Waals surface area (Å²) in [5, 5.41) is 9.90. The molecule has 29 heavy (non-hydrogen) atoms. The van der Waals surface area contributed by atoms with Crippen LogP contribution < -0.4 is 4.74 Å². The topological polar surface area (TPSA) is 77.8 Å². The van der Waals surface area contributed by atoms with Crippen molar-refractivity contribution in [3.63, 3.8) is 0 Å². The van der Waals surface area contributed by atoms with E-state index in [1.165, 1.54) is 0 Å². The molecule has 2 aromatic carbocycles. The Bertz CT molecular complexity index is 1030. The van der Waals surface area contributed by atoms with Gasteiger partial charge in [0, 0.05) is 16.6 Å². The van der Waals surface area contributed by atoms with Crippen LogP contribution in [-0.4, -0.2) is 41.4 Å². The van der Waals surface area contributed by atoms with E-state index in [0.29, 0.717) is 42.2 Å². The average molecular weight is 393 g/mol. The fraction of sp³-hybridized carbons (Fsp3) is 0.217. The summed E-state index contributed by atoms with van der Waals surface area (Å²) in [6.07, 6.45) is 1.59. The summed E-state index contributed by atoms with van der Waals surface area (Å²) < 4.78 is 12.5. The molecule has 0 aliphatic rings. The smallest absolute Gasteiger partial charge is 0.307 e. The van der Waals surface area contributed by atoms with Crippen LogP contribution in [0.4, 0.5) is 0 Å². The van der Waals surface area contributed by atoms with E-state index in [-0.39, 0.29) is 12.3 Å². The molecule has 0 radical (unpaired) electrons. The van der Waals surface area contributed by atoms with Gasteiger partial charge in [-0.25, -0.2) is 0 Å². The lowest BCUT2D eigenvalue weighted by molar-refractivity contribution is -0.136. The number of carbonyl (C=O) groups excluding carboxylic acids is 1. The third-order valence-corrected chi connectivity index (χ3v) is 4.50. The molecule has 0 saturated heterocycles. The number of hydrogen-bond donors (Lipinski definition) is 1. The molecule has 0 saturated carbocycles. The number of fused-ring (bicyclic) bond motifs is 1. The van der Waals surface area contributed by atoms with Gasteiger partial charge in [0.1, 0.15) is 12.4 Å². The van der Waals surface area contributed by atoms with Gasteiger partial charge >= 0.3 is 5.97 Å². The second-order valence-corrected chi connectivity index (χ2v) is 6.58. The normalized spacial score (nSPS) is 10.8. The van der Waals surface area contributed by atoms with Gasteiger partial charge in [0.2, 0.25) is 0 Å². The van der Waals surface area contributed by atoms with Crippen molar-refractivity contribution >= 4 is 22.8 Å². The van der Waals surface area contributed by atoms with Gasteiger partial charge in [-0.05, 0) is 48.9 Å². The molecule has 1 heterocycles. The van der Waals surface area contributed by atoms with Crippen LogP contribution in [0.15, 0.2) is 61.2 Å². The zero-order chi connectivity index (χ0) is 20.8. The number of hydrogen-bond acceptors (Lipinski definition) is 4. The standard InChI is InChI=1S/C23H23NO5/c1-3-11-28-12-13-29-19-9-7-17(8-10-19)23(27)24-16(2)14-20-18(15-22(25)26)5-4-6-21(20)24/h3-10,14H,1,11-13,15H2,2H3,(H,25,26). The molecular formula is C23H23NO5. The highest BCUT2D eigenvalue weighted by atomic mass is 16.5. The van der Waals surface area contributed by atoms with Gasteiger partial charge in [0.25, 0.3) is 5.91 Å². The van der Waals surface area contributed by atoms with Gasteiger partial charge < -0.3 is 14.6 Å². The molecule has 150 valence electrons. The van der Waals surface area contributed by atoms with Crippen LogP contribution in [0.3, 0.4) is 0 Å². The first-order valence-corrected chi connectivity index (χ1v) is 9.29. The monoisotopic (exact) mass is 393 g/mol. The van der Waals surface area contributed by atoms with Gasteiger partial charge in [0.15, 0.2) is 0 Å². The van der Waals surface area contributed by atoms with E-state index < -0.39 is 5.97 Å². The minimum atomic E-state index is -0.903. The van der Waals surface area contributed by atoms with E-state index in [2.05, 4.69) is 6.58 Å². The number of aryl methyl sites for hydroxylation is 1. The first kappa shape index (κ1) is 20.4. The number of carbonyl (C=O) groups is 2. The van der Waals surface area contributed by atoms with Gasteiger partial charge in [0.05, 0.1) is 25.2 Å². The second kappa shape index (κ2) is 9.21. The Balaban J connectivity index is 1.80. The van der Waals surface area contributed by atoms with Gasteiger partial charge in [-0.2, -0.15) is 0 Å². The quantitative estimate of drug-likeness (QED) is 0.441. The number of ether oxygens (including phenoxy) is 2. The lowest BCUT2D eigenvalue weighted by Gasteiger charge is -2.09. The lowest BCUT2D eigenvalue weighted by Crippen LogP contribution is -2.13. The maximum atomic E-state index is 13.1. The van der Waals surface area contributed by atoms with Crippen molar-refractivity contribution < 1.29 is 24.2 Å². The molecule has 0 unspecified atom stereocenters. The Morgan fingerprint density at radius 1 is 1.14 bits per heavy atom. The maximum absolute atomic E-state index is 13.1. The fourth-order valence-electron chi connectivity index (χ4n) is 3.22. The summed E-state index contributed by atoms with van der Waals surface area (Å²) in [6.45, 7) is 6.77. The number of aromatic nitrogens is 1. The molecule has 1 N–H and O–H groups in total. The SMILES string of the molecule is C=CCOCCOc1ccc(C(=O)n2c(C)cc3c(CC(=O)O)cccc32)cc1. The van der Waals surface area contributed by atoms with Crippen LogP contribution in [0.5, 0.6) is 5.75 Å². The van der Waals surface area contributed by atoms with Crippen molar-refractivity contribution in [1.82, 2.24) is 4.57 Å². The molecule has 0 fully saturated rings. The van der Waals surface area contributed by atoms with Gasteiger partial charge in [-0.1, -0.05) is 18.2 Å². The van der Waals surface area contributed by atoms with E-state index in [0.717, 1.165) is 11.1 Å². The molecule has 0 spiro atoms. The van der Waals surface area contributed by atoms with Crippen LogP contribution in [-0.2, 0) is 16.0 Å². The molecule has 0 atom stereocenters. The summed E-state index contributed by atoms with van der Waals surface area (Å²) in [7, 11) is 0. The summed E-state index contributed by atoms with van der Waals surface area (Å²) in [5.74, 6) is -0.424. The Morgan fingerprint density at radius 2 is 1.90 bits per heavy atom. The van der Waals surface area contributed by atoms with Crippen molar-refractivity contribution in [2.75, 3.05) is 19.8 Å². The van der Waals surface area contributed by atoms with Crippen molar-refractivity contribution in [3.05, 3.63) is 78.0 Å². The van der Waals surface area contributed by atoms with E-state index in [1.807, 2.05) is 19.1 Å². The Kier molecular flexibility index (Phi) is 6.46. The molecule has 0 aliphatic heterocycles. The predicted molar refractivity (Wildman–Crippen MR) is 111 cm³/mol. The van der Waals surface area contributed by atoms with Crippen molar-refractivity contribution in [1.29, 1.82) is 0 Å². The van der Waals surface area contributed by atoms with Crippen LogP contribution in [0, 0.1) is 6.92 Å². The summed E-state index contributed by atoms with van der Waals surface area (Å²) in [4.78, 5) is 24.2. The summed E-state index contributed by atoms with van der Waals surface area (Å²) in [6, 6.07) is 14.2. The summed E-state index contributed by atoms with van der Waals surface area (Å²) >= 11 is 0. The first-order valence-electron chi connectivity index (χ1n) is 9.29. The fourth-order valence-corrected chi connectivity index (χ4v) is 3.22. The van der Waals surface area contributed by atoms with E-state index in [9.17, 15) is 9.59 Å².